The molecule has 8 aromatic carbocycles. The summed E-state index contributed by atoms with van der Waals surface area (Å²) in [6.07, 6.45) is 9.45. The molecule has 8 aromatic rings. The quantitative estimate of drug-likeness (QED) is 0.0808. The maximum atomic E-state index is 11.3. The molecule has 0 fully saturated rings. The molecule has 8 rings (SSSR count). The number of fused-ring (bicyclic) bond motifs is 1. The molecule has 0 radical (unpaired) electrons. The largest absolute Gasteiger partial charge is 0.497 e. The molecule has 6 heteroatoms. The Morgan fingerprint density at radius 3 is 0.850 bits per heavy atom. The number of aldehydes is 1. The zero-order valence-corrected chi connectivity index (χ0v) is 33.7. The van der Waals surface area contributed by atoms with Crippen molar-refractivity contribution < 1.29 is 19.0 Å². The van der Waals surface area contributed by atoms with E-state index in [0.717, 1.165) is 79.9 Å². The molecule has 0 amide bonds. The second-order valence-electron chi connectivity index (χ2n) is 14.2. The third kappa shape index (κ3) is 8.99. The van der Waals surface area contributed by atoms with E-state index >= 15 is 0 Å². The van der Waals surface area contributed by atoms with Gasteiger partial charge in [-0.25, -0.2) is 0 Å². The maximum absolute atomic E-state index is 11.3. The smallest absolute Gasteiger partial charge is 0.150 e. The van der Waals surface area contributed by atoms with Gasteiger partial charge in [0.2, 0.25) is 0 Å². The van der Waals surface area contributed by atoms with Gasteiger partial charge in [-0.1, -0.05) is 72.8 Å². The second kappa shape index (κ2) is 18.2. The van der Waals surface area contributed by atoms with Crippen molar-refractivity contribution in [2.45, 2.75) is 0 Å². The molecule has 294 valence electrons. The Bertz CT molecular complexity index is 2690. The molecule has 0 aliphatic carbocycles. The third-order valence-electron chi connectivity index (χ3n) is 10.4. The highest BCUT2D eigenvalue weighted by Crippen LogP contribution is 2.38. The molecule has 0 saturated heterocycles. The molecule has 0 aliphatic heterocycles. The lowest BCUT2D eigenvalue weighted by molar-refractivity contribution is 0.112. The number of carbonyl (C=O) groups is 1. The molecule has 0 spiro atoms. The van der Waals surface area contributed by atoms with E-state index in [-0.39, 0.29) is 0 Å². The van der Waals surface area contributed by atoms with E-state index in [1.165, 1.54) is 10.8 Å². The fourth-order valence-corrected chi connectivity index (χ4v) is 7.13. The molecule has 0 aliphatic rings. The Morgan fingerprint density at radius 2 is 0.567 bits per heavy atom. The van der Waals surface area contributed by atoms with Gasteiger partial charge in [0.05, 0.1) is 21.3 Å². The van der Waals surface area contributed by atoms with Crippen molar-refractivity contribution in [1.82, 2.24) is 0 Å². The number of anilines is 6. The zero-order valence-electron chi connectivity index (χ0n) is 33.7. The summed E-state index contributed by atoms with van der Waals surface area (Å²) < 4.78 is 16.2. The Balaban J connectivity index is 0.956. The summed E-state index contributed by atoms with van der Waals surface area (Å²) >= 11 is 0. The standard InChI is InChI=1S/C54H44N2O4/c1-58-52-30-24-49(25-31-52)55(48-22-14-43(38-57)15-23-48)46-18-10-39(11-19-46)4-6-41-8-16-45-37-42(9-17-44(45)36-41)7-5-40-12-20-47(21-13-40)56(50-26-32-53(59-2)33-27-50)51-28-34-54(60-3)35-29-51/h4-38H,1-3H3. The molecule has 0 bridgehead atoms. The summed E-state index contributed by atoms with van der Waals surface area (Å²) in [5, 5.41) is 2.37. The Hall–Kier alpha value is -7.83. The second-order valence-corrected chi connectivity index (χ2v) is 14.2. The summed E-state index contributed by atoms with van der Waals surface area (Å²) in [5.41, 5.74) is 11.2. The number of rotatable bonds is 14. The number of methoxy groups -OCH3 is 3. The first-order valence-corrected chi connectivity index (χ1v) is 19.7. The lowest BCUT2D eigenvalue weighted by atomic mass is 10.0. The van der Waals surface area contributed by atoms with E-state index in [9.17, 15) is 4.79 Å². The fourth-order valence-electron chi connectivity index (χ4n) is 7.13. The minimum atomic E-state index is 0.637. The number of hydrogen-bond acceptors (Lipinski definition) is 6. The molecule has 60 heavy (non-hydrogen) atoms. The molecule has 0 heterocycles. The van der Waals surface area contributed by atoms with Gasteiger partial charge in [0.15, 0.2) is 0 Å². The van der Waals surface area contributed by atoms with Crippen LogP contribution in [0.1, 0.15) is 32.6 Å². The first-order valence-electron chi connectivity index (χ1n) is 19.7. The van der Waals surface area contributed by atoms with Gasteiger partial charge in [0.1, 0.15) is 23.5 Å². The topological polar surface area (TPSA) is 51.2 Å². The average Bonchev–Trinajstić information content (AvgIpc) is 3.32. The predicted octanol–water partition coefficient (Wildman–Crippen LogP) is 14.0. The molecule has 0 N–H and O–H groups in total. The van der Waals surface area contributed by atoms with Gasteiger partial charge in [-0.15, -0.1) is 0 Å². The number of carbonyl (C=O) groups excluding carboxylic acids is 1. The number of benzene rings is 8. The third-order valence-corrected chi connectivity index (χ3v) is 10.4. The van der Waals surface area contributed by atoms with Crippen LogP contribution in [0, 0.1) is 0 Å². The molecule has 0 unspecified atom stereocenters. The summed E-state index contributed by atoms with van der Waals surface area (Å²) in [5.74, 6) is 2.42. The van der Waals surface area contributed by atoms with Crippen LogP contribution in [0.25, 0.3) is 35.1 Å². The van der Waals surface area contributed by atoms with E-state index in [1.807, 2.05) is 72.8 Å². The van der Waals surface area contributed by atoms with E-state index in [4.69, 9.17) is 14.2 Å². The van der Waals surface area contributed by atoms with Crippen molar-refractivity contribution in [2.75, 3.05) is 31.1 Å². The normalized spacial score (nSPS) is 11.2. The number of hydrogen-bond donors (Lipinski definition) is 0. The van der Waals surface area contributed by atoms with E-state index < -0.39 is 0 Å². The Kier molecular flexibility index (Phi) is 11.8. The van der Waals surface area contributed by atoms with Gasteiger partial charge < -0.3 is 24.0 Å². The lowest BCUT2D eigenvalue weighted by Gasteiger charge is -2.26. The van der Waals surface area contributed by atoms with Crippen LogP contribution in [0.4, 0.5) is 34.1 Å². The highest BCUT2D eigenvalue weighted by atomic mass is 16.5. The zero-order chi connectivity index (χ0) is 41.3. The molecular weight excluding hydrogens is 741 g/mol. The average molecular weight is 785 g/mol. The Morgan fingerprint density at radius 1 is 0.317 bits per heavy atom. The molecule has 0 atom stereocenters. The summed E-state index contributed by atoms with van der Waals surface area (Å²) in [6, 6.07) is 61.9. The van der Waals surface area contributed by atoms with Crippen molar-refractivity contribution in [3.63, 3.8) is 0 Å². The highest BCUT2D eigenvalue weighted by Gasteiger charge is 2.14. The van der Waals surface area contributed by atoms with Crippen LogP contribution in [0.2, 0.25) is 0 Å². The van der Waals surface area contributed by atoms with Crippen LogP contribution in [0.3, 0.4) is 0 Å². The predicted molar refractivity (Wildman–Crippen MR) is 249 cm³/mol. The van der Waals surface area contributed by atoms with Crippen LogP contribution in [0.5, 0.6) is 17.2 Å². The van der Waals surface area contributed by atoms with Gasteiger partial charge in [-0.2, -0.15) is 0 Å². The van der Waals surface area contributed by atoms with E-state index in [2.05, 4.69) is 143 Å². The molecule has 0 aromatic heterocycles. The van der Waals surface area contributed by atoms with E-state index in [1.54, 1.807) is 21.3 Å². The minimum absolute atomic E-state index is 0.637. The van der Waals surface area contributed by atoms with Crippen LogP contribution < -0.4 is 24.0 Å². The van der Waals surface area contributed by atoms with Crippen LogP contribution in [-0.2, 0) is 0 Å². The Labute approximate surface area is 351 Å². The number of nitrogens with zero attached hydrogens (tertiary/aromatic N) is 2. The van der Waals surface area contributed by atoms with E-state index in [0.29, 0.717) is 5.56 Å². The van der Waals surface area contributed by atoms with Crippen molar-refractivity contribution in [3.05, 3.63) is 210 Å². The highest BCUT2D eigenvalue weighted by molar-refractivity contribution is 5.89. The molecule has 6 nitrogen and oxygen atoms in total. The SMILES string of the molecule is COc1ccc(N(c2ccc(C=O)cc2)c2ccc(C=Cc3ccc4cc(C=Cc5ccc(N(c6ccc(OC)cc6)c6ccc(OC)cc6)cc5)ccc4c3)cc2)cc1. The van der Waals surface area contributed by atoms with Crippen molar-refractivity contribution in [2.24, 2.45) is 0 Å². The lowest BCUT2D eigenvalue weighted by Crippen LogP contribution is -2.09. The van der Waals surface area contributed by atoms with Crippen molar-refractivity contribution in [3.8, 4) is 17.2 Å². The van der Waals surface area contributed by atoms with Crippen LogP contribution >= 0.6 is 0 Å². The summed E-state index contributed by atoms with van der Waals surface area (Å²) in [4.78, 5) is 15.7. The molecule has 0 saturated carbocycles. The van der Waals surface area contributed by atoms with Gasteiger partial charge in [-0.05, 0) is 166 Å². The van der Waals surface area contributed by atoms with Crippen LogP contribution in [0.15, 0.2) is 182 Å². The monoisotopic (exact) mass is 784 g/mol. The number of ether oxygens (including phenoxy) is 3. The van der Waals surface area contributed by atoms with Gasteiger partial charge in [0, 0.05) is 39.7 Å². The van der Waals surface area contributed by atoms with Crippen molar-refractivity contribution >= 4 is 75.5 Å². The molecular formula is C54H44N2O4. The van der Waals surface area contributed by atoms with Crippen molar-refractivity contribution in [1.29, 1.82) is 0 Å². The minimum Gasteiger partial charge on any atom is -0.497 e. The first kappa shape index (κ1) is 39.0. The fraction of sp³-hybridized carbons (Fsp3) is 0.0556. The van der Waals surface area contributed by atoms with Gasteiger partial charge in [0.25, 0.3) is 0 Å². The summed E-state index contributed by atoms with van der Waals surface area (Å²) in [6.45, 7) is 0. The maximum Gasteiger partial charge on any atom is 0.150 e. The first-order chi connectivity index (χ1) is 29.5. The van der Waals surface area contributed by atoms with Crippen LogP contribution in [-0.4, -0.2) is 27.6 Å². The summed E-state index contributed by atoms with van der Waals surface area (Å²) in [7, 11) is 5.02. The van der Waals surface area contributed by atoms with Gasteiger partial charge >= 0.3 is 0 Å². The van der Waals surface area contributed by atoms with Gasteiger partial charge in [-0.3, -0.25) is 4.79 Å².